The smallest absolute Gasteiger partial charge is 0.147 e. The molecular formula is C15H26N4. The van der Waals surface area contributed by atoms with Crippen molar-refractivity contribution in [3.8, 4) is 0 Å². The van der Waals surface area contributed by atoms with Crippen LogP contribution in [0, 0.1) is 11.8 Å². The Balaban J connectivity index is 1.94. The van der Waals surface area contributed by atoms with Crippen LogP contribution in [0.3, 0.4) is 0 Å². The van der Waals surface area contributed by atoms with Crippen LogP contribution in [0.2, 0.25) is 0 Å². The molecule has 0 radical (unpaired) electrons. The Bertz CT molecular complexity index is 393. The molecule has 0 saturated heterocycles. The van der Waals surface area contributed by atoms with E-state index in [1.54, 1.807) is 6.20 Å². The second kappa shape index (κ2) is 6.73. The highest BCUT2D eigenvalue weighted by atomic mass is 15.1. The minimum Gasteiger partial charge on any atom is -0.369 e. The van der Waals surface area contributed by atoms with Gasteiger partial charge in [-0.05, 0) is 37.5 Å². The van der Waals surface area contributed by atoms with E-state index in [9.17, 15) is 0 Å². The molecule has 1 heterocycles. The lowest BCUT2D eigenvalue weighted by Crippen LogP contribution is -2.33. The molecule has 1 aliphatic carbocycles. The van der Waals surface area contributed by atoms with Crippen LogP contribution in [-0.4, -0.2) is 22.6 Å². The summed E-state index contributed by atoms with van der Waals surface area (Å²) < 4.78 is 0. The summed E-state index contributed by atoms with van der Waals surface area (Å²) in [5, 5.41) is 6.83. The molecule has 0 spiro atoms. The van der Waals surface area contributed by atoms with Crippen LogP contribution in [0.5, 0.6) is 0 Å². The van der Waals surface area contributed by atoms with Crippen LogP contribution < -0.4 is 10.6 Å². The molecule has 4 heteroatoms. The van der Waals surface area contributed by atoms with Gasteiger partial charge in [0, 0.05) is 12.6 Å². The van der Waals surface area contributed by atoms with E-state index in [0.717, 1.165) is 30.5 Å². The van der Waals surface area contributed by atoms with Crippen LogP contribution in [0.1, 0.15) is 46.5 Å². The third-order valence-corrected chi connectivity index (χ3v) is 3.96. The summed E-state index contributed by atoms with van der Waals surface area (Å²) in [6, 6.07) is 0.534. The summed E-state index contributed by atoms with van der Waals surface area (Å²) in [6.07, 6.45) is 8.55. The summed E-state index contributed by atoms with van der Waals surface area (Å²) >= 11 is 0. The third-order valence-electron chi connectivity index (χ3n) is 3.96. The number of hydrogen-bond donors (Lipinski definition) is 2. The molecule has 19 heavy (non-hydrogen) atoms. The molecule has 1 aromatic rings. The fraction of sp³-hybridized carbons (Fsp3) is 0.733. The summed E-state index contributed by atoms with van der Waals surface area (Å²) in [5.41, 5.74) is 0. The van der Waals surface area contributed by atoms with E-state index in [1.165, 1.54) is 19.3 Å². The monoisotopic (exact) mass is 262 g/mol. The molecule has 1 fully saturated rings. The highest BCUT2D eigenvalue weighted by molar-refractivity contribution is 5.42. The molecule has 0 aliphatic heterocycles. The molecule has 3 atom stereocenters. The maximum Gasteiger partial charge on any atom is 0.147 e. The first kappa shape index (κ1) is 14.1. The van der Waals surface area contributed by atoms with Crippen molar-refractivity contribution < 1.29 is 0 Å². The highest BCUT2D eigenvalue weighted by Crippen LogP contribution is 2.30. The topological polar surface area (TPSA) is 49.8 Å². The molecule has 3 unspecified atom stereocenters. The number of rotatable bonds is 5. The first-order chi connectivity index (χ1) is 9.19. The van der Waals surface area contributed by atoms with Crippen LogP contribution >= 0.6 is 0 Å². The zero-order valence-electron chi connectivity index (χ0n) is 12.3. The van der Waals surface area contributed by atoms with Crippen molar-refractivity contribution in [1.82, 2.24) is 9.97 Å². The van der Waals surface area contributed by atoms with Gasteiger partial charge in [-0.3, -0.25) is 4.98 Å². The third kappa shape index (κ3) is 4.08. The fourth-order valence-electron chi connectivity index (χ4n) is 2.84. The zero-order chi connectivity index (χ0) is 13.7. The average Bonchev–Trinajstić information content (AvgIpc) is 2.40. The molecule has 106 valence electrons. The lowest BCUT2D eigenvalue weighted by atomic mass is 9.80. The summed E-state index contributed by atoms with van der Waals surface area (Å²) in [5.74, 6) is 3.32. The molecule has 0 bridgehead atoms. The van der Waals surface area contributed by atoms with Gasteiger partial charge in [-0.15, -0.1) is 0 Å². The Morgan fingerprint density at radius 2 is 2.00 bits per heavy atom. The Kier molecular flexibility index (Phi) is 5.00. The van der Waals surface area contributed by atoms with Crippen molar-refractivity contribution in [2.75, 3.05) is 17.2 Å². The van der Waals surface area contributed by atoms with E-state index in [4.69, 9.17) is 0 Å². The number of nitrogens with zero attached hydrogens (tertiary/aromatic N) is 2. The molecular weight excluding hydrogens is 236 g/mol. The molecule has 2 N–H and O–H groups in total. The molecule has 4 nitrogen and oxygen atoms in total. The highest BCUT2D eigenvalue weighted by Gasteiger charge is 2.25. The van der Waals surface area contributed by atoms with Gasteiger partial charge in [-0.25, -0.2) is 4.98 Å². The molecule has 0 amide bonds. The Morgan fingerprint density at radius 1 is 1.21 bits per heavy atom. The number of nitrogens with one attached hydrogen (secondary N) is 2. The molecule has 1 aliphatic rings. The SMILES string of the molecule is CCCNc1cncc(NC2CCC(C)CC2C)n1. The second-order valence-electron chi connectivity index (χ2n) is 5.86. The minimum absolute atomic E-state index is 0.534. The van der Waals surface area contributed by atoms with E-state index < -0.39 is 0 Å². The summed E-state index contributed by atoms with van der Waals surface area (Å²) in [4.78, 5) is 8.83. The fourth-order valence-corrected chi connectivity index (χ4v) is 2.84. The van der Waals surface area contributed by atoms with Gasteiger partial charge in [0.25, 0.3) is 0 Å². The normalized spacial score (nSPS) is 27.0. The molecule has 2 rings (SSSR count). The van der Waals surface area contributed by atoms with Gasteiger partial charge in [0.15, 0.2) is 0 Å². The van der Waals surface area contributed by atoms with Crippen LogP contribution in [-0.2, 0) is 0 Å². The van der Waals surface area contributed by atoms with Crippen molar-refractivity contribution >= 4 is 11.6 Å². The minimum atomic E-state index is 0.534. The molecule has 0 aromatic carbocycles. The Labute approximate surface area is 116 Å². The van der Waals surface area contributed by atoms with E-state index in [-0.39, 0.29) is 0 Å². The number of anilines is 2. The predicted octanol–water partition coefficient (Wildman–Crippen LogP) is 3.54. The van der Waals surface area contributed by atoms with Crippen molar-refractivity contribution in [2.45, 2.75) is 52.5 Å². The Morgan fingerprint density at radius 3 is 2.74 bits per heavy atom. The molecule has 1 aromatic heterocycles. The maximum absolute atomic E-state index is 4.57. The van der Waals surface area contributed by atoms with Gasteiger partial charge in [0.2, 0.25) is 0 Å². The van der Waals surface area contributed by atoms with Crippen LogP contribution in [0.25, 0.3) is 0 Å². The van der Waals surface area contributed by atoms with Gasteiger partial charge in [-0.1, -0.05) is 20.8 Å². The average molecular weight is 262 g/mol. The van der Waals surface area contributed by atoms with Crippen LogP contribution in [0.4, 0.5) is 11.6 Å². The summed E-state index contributed by atoms with van der Waals surface area (Å²) in [7, 11) is 0. The quantitative estimate of drug-likeness (QED) is 0.852. The largest absolute Gasteiger partial charge is 0.369 e. The van der Waals surface area contributed by atoms with E-state index in [0.29, 0.717) is 12.0 Å². The summed E-state index contributed by atoms with van der Waals surface area (Å²) in [6.45, 7) is 7.77. The van der Waals surface area contributed by atoms with Gasteiger partial charge in [-0.2, -0.15) is 0 Å². The maximum atomic E-state index is 4.57. The zero-order valence-corrected chi connectivity index (χ0v) is 12.3. The van der Waals surface area contributed by atoms with E-state index in [1.807, 2.05) is 6.20 Å². The predicted molar refractivity (Wildman–Crippen MR) is 80.4 cm³/mol. The number of hydrogen-bond acceptors (Lipinski definition) is 4. The first-order valence-corrected chi connectivity index (χ1v) is 7.51. The van der Waals surface area contributed by atoms with Gasteiger partial charge in [0.05, 0.1) is 12.4 Å². The number of aromatic nitrogens is 2. The van der Waals surface area contributed by atoms with Crippen molar-refractivity contribution in [1.29, 1.82) is 0 Å². The van der Waals surface area contributed by atoms with Gasteiger partial charge in [0.1, 0.15) is 11.6 Å². The standard InChI is InChI=1S/C15H26N4/c1-4-7-17-14-9-16-10-15(19-14)18-13-6-5-11(2)8-12(13)3/h9-13H,4-8H2,1-3H3,(H2,17,18,19). The van der Waals surface area contributed by atoms with Gasteiger partial charge >= 0.3 is 0 Å². The van der Waals surface area contributed by atoms with E-state index in [2.05, 4.69) is 41.4 Å². The van der Waals surface area contributed by atoms with Gasteiger partial charge < -0.3 is 10.6 Å². The first-order valence-electron chi connectivity index (χ1n) is 7.51. The van der Waals surface area contributed by atoms with E-state index >= 15 is 0 Å². The van der Waals surface area contributed by atoms with Crippen molar-refractivity contribution in [3.63, 3.8) is 0 Å². The van der Waals surface area contributed by atoms with Crippen molar-refractivity contribution in [2.24, 2.45) is 11.8 Å². The Hall–Kier alpha value is -1.32. The molecule has 1 saturated carbocycles. The van der Waals surface area contributed by atoms with Crippen LogP contribution in [0.15, 0.2) is 12.4 Å². The lowest BCUT2D eigenvalue weighted by Gasteiger charge is -2.33. The lowest BCUT2D eigenvalue weighted by molar-refractivity contribution is 0.276. The second-order valence-corrected chi connectivity index (χ2v) is 5.86. The van der Waals surface area contributed by atoms with Crippen molar-refractivity contribution in [3.05, 3.63) is 12.4 Å².